The minimum Gasteiger partial charge on any atom is -0.456 e. The van der Waals surface area contributed by atoms with Crippen molar-refractivity contribution >= 4 is 71.1 Å². The molecular weight excluding hydrogens is 534 g/mol. The number of furan rings is 2. The van der Waals surface area contributed by atoms with Crippen LogP contribution in [0.2, 0.25) is 0 Å². The van der Waals surface area contributed by atoms with Crippen molar-refractivity contribution in [2.24, 2.45) is 0 Å². The van der Waals surface area contributed by atoms with Crippen LogP contribution in [0.25, 0.3) is 87.7 Å². The number of hydrogen-bond acceptors (Lipinski definition) is 4. The molecule has 9 aromatic rings. The highest BCUT2D eigenvalue weighted by Gasteiger charge is 2.21. The first-order valence-corrected chi connectivity index (χ1v) is 14.1. The van der Waals surface area contributed by atoms with Gasteiger partial charge in [0.05, 0.1) is 10.5 Å². The van der Waals surface area contributed by atoms with Crippen molar-refractivity contribution in [2.45, 2.75) is 0 Å². The number of nitro groups is 1. The Morgan fingerprint density at radius 1 is 0.488 bits per heavy atom. The lowest BCUT2D eigenvalue weighted by molar-refractivity contribution is -0.384. The van der Waals surface area contributed by atoms with Crippen LogP contribution < -0.4 is 0 Å². The molecule has 0 fully saturated rings. The molecule has 0 bridgehead atoms. The first-order valence-electron chi connectivity index (χ1n) is 14.1. The lowest BCUT2D eigenvalue weighted by Crippen LogP contribution is -1.93. The van der Waals surface area contributed by atoms with Crippen LogP contribution in [0.4, 0.5) is 5.69 Å². The monoisotopic (exact) mass is 555 g/mol. The first kappa shape index (κ1) is 23.7. The van der Waals surface area contributed by atoms with Crippen LogP contribution in [0.1, 0.15) is 0 Å². The van der Waals surface area contributed by atoms with E-state index >= 15 is 0 Å². The molecule has 202 valence electrons. The SMILES string of the molecule is O=[N+]([O-])c1ccccc1-c1cc2oc3c4ccccc4ccc3c2c2ccc(-c3ccc4oc5ccccc5c4c3)cc12. The van der Waals surface area contributed by atoms with Crippen molar-refractivity contribution in [1.82, 2.24) is 0 Å². The molecular formula is C38H21NO4. The Kier molecular flexibility index (Phi) is 4.85. The van der Waals surface area contributed by atoms with E-state index in [9.17, 15) is 10.1 Å². The summed E-state index contributed by atoms with van der Waals surface area (Å²) in [5.41, 5.74) is 6.63. The summed E-state index contributed by atoms with van der Waals surface area (Å²) in [6.07, 6.45) is 0. The summed E-state index contributed by atoms with van der Waals surface area (Å²) in [5.74, 6) is 0. The maximum atomic E-state index is 12.1. The van der Waals surface area contributed by atoms with Crippen LogP contribution in [0, 0.1) is 10.1 Å². The molecule has 0 radical (unpaired) electrons. The predicted octanol–water partition coefficient (Wildman–Crippen LogP) is 11.0. The lowest BCUT2D eigenvalue weighted by atomic mass is 9.91. The Hall–Kier alpha value is -5.94. The zero-order chi connectivity index (χ0) is 28.7. The third-order valence-corrected chi connectivity index (χ3v) is 8.56. The van der Waals surface area contributed by atoms with Crippen LogP contribution >= 0.6 is 0 Å². The molecule has 0 aliphatic heterocycles. The van der Waals surface area contributed by atoms with Gasteiger partial charge in [-0.3, -0.25) is 10.1 Å². The fraction of sp³-hybridized carbons (Fsp3) is 0. The van der Waals surface area contributed by atoms with E-state index in [1.54, 1.807) is 12.1 Å². The standard InChI is InChI=1S/C38H21NO4/c40-39(41)33-11-5-3-9-26(33)31-21-36-37(29-17-13-22-7-1-2-8-25(22)38(29)43-36)28-16-14-23(19-30(28)31)24-15-18-35-32(20-24)27-10-4-6-12-34(27)42-35/h1-21H. The number of fused-ring (bicyclic) bond motifs is 10. The first-order chi connectivity index (χ1) is 21.1. The molecule has 0 spiro atoms. The highest BCUT2D eigenvalue weighted by molar-refractivity contribution is 6.26. The van der Waals surface area contributed by atoms with Crippen LogP contribution in [0.15, 0.2) is 136 Å². The molecule has 0 aliphatic carbocycles. The third-order valence-electron chi connectivity index (χ3n) is 8.56. The van der Waals surface area contributed by atoms with Crippen LogP contribution in [0.5, 0.6) is 0 Å². The van der Waals surface area contributed by atoms with Gasteiger partial charge in [0.1, 0.15) is 22.3 Å². The zero-order valence-corrected chi connectivity index (χ0v) is 22.7. The van der Waals surface area contributed by atoms with E-state index in [4.69, 9.17) is 8.83 Å². The van der Waals surface area contributed by atoms with Crippen molar-refractivity contribution < 1.29 is 13.8 Å². The Morgan fingerprint density at radius 3 is 2.07 bits per heavy atom. The van der Waals surface area contributed by atoms with Gasteiger partial charge in [0.15, 0.2) is 0 Å². The topological polar surface area (TPSA) is 69.4 Å². The molecule has 0 unspecified atom stereocenters. The molecule has 43 heavy (non-hydrogen) atoms. The van der Waals surface area contributed by atoms with Gasteiger partial charge in [-0.25, -0.2) is 0 Å². The molecule has 5 heteroatoms. The van der Waals surface area contributed by atoms with Gasteiger partial charge in [-0.2, -0.15) is 0 Å². The van der Waals surface area contributed by atoms with Gasteiger partial charge in [0.25, 0.3) is 5.69 Å². The number of hydrogen-bond donors (Lipinski definition) is 0. The van der Waals surface area contributed by atoms with E-state index in [2.05, 4.69) is 60.7 Å². The smallest absolute Gasteiger partial charge is 0.277 e. The largest absolute Gasteiger partial charge is 0.456 e. The minimum absolute atomic E-state index is 0.0569. The average Bonchev–Trinajstić information content (AvgIpc) is 3.62. The van der Waals surface area contributed by atoms with Crippen molar-refractivity contribution in [3.8, 4) is 22.3 Å². The number of nitrogens with zero attached hydrogens (tertiary/aromatic N) is 1. The van der Waals surface area contributed by atoms with Crippen molar-refractivity contribution in [1.29, 1.82) is 0 Å². The molecule has 2 aromatic heterocycles. The molecule has 0 saturated heterocycles. The van der Waals surface area contributed by atoms with E-state index in [1.165, 1.54) is 0 Å². The second kappa shape index (κ2) is 8.78. The Morgan fingerprint density at radius 2 is 1.19 bits per heavy atom. The van der Waals surface area contributed by atoms with Gasteiger partial charge < -0.3 is 8.83 Å². The number of nitro benzene ring substituents is 1. The van der Waals surface area contributed by atoms with Crippen molar-refractivity contribution in [3.05, 3.63) is 138 Å². The van der Waals surface area contributed by atoms with Gasteiger partial charge in [-0.15, -0.1) is 0 Å². The summed E-state index contributed by atoms with van der Waals surface area (Å²) >= 11 is 0. The second-order valence-corrected chi connectivity index (χ2v) is 10.9. The fourth-order valence-corrected chi connectivity index (χ4v) is 6.59. The van der Waals surface area contributed by atoms with Crippen LogP contribution in [-0.4, -0.2) is 4.92 Å². The van der Waals surface area contributed by atoms with Crippen molar-refractivity contribution in [2.75, 3.05) is 0 Å². The quantitative estimate of drug-likeness (QED) is 0.161. The number of para-hydroxylation sites is 2. The highest BCUT2D eigenvalue weighted by Crippen LogP contribution is 2.45. The average molecular weight is 556 g/mol. The molecule has 9 rings (SSSR count). The number of rotatable bonds is 3. The summed E-state index contributed by atoms with van der Waals surface area (Å²) in [6.45, 7) is 0. The van der Waals surface area contributed by atoms with Crippen molar-refractivity contribution in [3.63, 3.8) is 0 Å². The van der Waals surface area contributed by atoms with Gasteiger partial charge in [0, 0.05) is 38.6 Å². The normalized spacial score (nSPS) is 11.9. The Balaban J connectivity index is 1.38. The van der Waals surface area contributed by atoms with Gasteiger partial charge in [-0.05, 0) is 69.8 Å². The molecule has 5 nitrogen and oxygen atoms in total. The van der Waals surface area contributed by atoms with Gasteiger partial charge >= 0.3 is 0 Å². The molecule has 0 amide bonds. The molecule has 0 N–H and O–H groups in total. The summed E-state index contributed by atoms with van der Waals surface area (Å²) in [4.78, 5) is 11.8. The fourth-order valence-electron chi connectivity index (χ4n) is 6.59. The highest BCUT2D eigenvalue weighted by atomic mass is 16.6. The summed E-state index contributed by atoms with van der Waals surface area (Å²) < 4.78 is 12.6. The predicted molar refractivity (Wildman–Crippen MR) is 174 cm³/mol. The number of benzene rings is 7. The van der Waals surface area contributed by atoms with E-state index in [0.717, 1.165) is 76.5 Å². The van der Waals surface area contributed by atoms with E-state index < -0.39 is 0 Å². The Labute approximate surface area is 244 Å². The molecule has 0 atom stereocenters. The van der Waals surface area contributed by atoms with E-state index in [1.807, 2.05) is 54.6 Å². The summed E-state index contributed by atoms with van der Waals surface area (Å²) in [7, 11) is 0. The summed E-state index contributed by atoms with van der Waals surface area (Å²) in [6, 6.07) is 41.9. The molecule has 0 aliphatic rings. The Bertz CT molecular complexity index is 2610. The molecule has 0 saturated carbocycles. The maximum absolute atomic E-state index is 12.1. The maximum Gasteiger partial charge on any atom is 0.277 e. The third kappa shape index (κ3) is 3.45. The van der Waals surface area contributed by atoms with E-state index in [-0.39, 0.29) is 10.6 Å². The second-order valence-electron chi connectivity index (χ2n) is 10.9. The van der Waals surface area contributed by atoms with E-state index in [0.29, 0.717) is 11.1 Å². The zero-order valence-electron chi connectivity index (χ0n) is 22.7. The van der Waals surface area contributed by atoms with Crippen LogP contribution in [0.3, 0.4) is 0 Å². The van der Waals surface area contributed by atoms with Gasteiger partial charge in [-0.1, -0.05) is 78.9 Å². The lowest BCUT2D eigenvalue weighted by Gasteiger charge is -2.11. The van der Waals surface area contributed by atoms with Gasteiger partial charge in [0.2, 0.25) is 0 Å². The molecule has 7 aromatic carbocycles. The summed E-state index contributed by atoms with van der Waals surface area (Å²) in [5, 5.41) is 20.3. The minimum atomic E-state index is -0.320. The molecule has 2 heterocycles. The van der Waals surface area contributed by atoms with Crippen LogP contribution in [-0.2, 0) is 0 Å².